The second-order valence-electron chi connectivity index (χ2n) is 18.2. The van der Waals surface area contributed by atoms with Gasteiger partial charge >= 0.3 is 0 Å². The maximum absolute atomic E-state index is 7.07. The number of hydrogen-bond acceptors (Lipinski definition) is 3. The molecule has 5 nitrogen and oxygen atoms in total. The lowest BCUT2D eigenvalue weighted by molar-refractivity contribution is -0.716. The van der Waals surface area contributed by atoms with Crippen LogP contribution in [0.3, 0.4) is 0 Å². The van der Waals surface area contributed by atoms with Crippen molar-refractivity contribution in [3.63, 3.8) is 0 Å². The van der Waals surface area contributed by atoms with E-state index in [9.17, 15) is 0 Å². The molecule has 0 N–H and O–H groups in total. The summed E-state index contributed by atoms with van der Waals surface area (Å²) in [5, 5.41) is 5.20. The molecule has 0 radical (unpaired) electrons. The second-order valence-corrected chi connectivity index (χ2v) is 18.2. The van der Waals surface area contributed by atoms with E-state index in [4.69, 9.17) is 9.73 Å². The summed E-state index contributed by atoms with van der Waals surface area (Å²) in [5.74, 6) is 1.60. The monoisotopic (exact) mass is 694 g/mol. The van der Waals surface area contributed by atoms with Gasteiger partial charge in [0, 0.05) is 48.4 Å². The van der Waals surface area contributed by atoms with Crippen LogP contribution in [0.4, 0.5) is 0 Å². The molecule has 0 saturated carbocycles. The van der Waals surface area contributed by atoms with Crippen LogP contribution < -0.4 is 4.74 Å². The zero-order valence-electron chi connectivity index (χ0n) is 33.7. The third-order valence-electron chi connectivity index (χ3n) is 12.8. The minimum absolute atomic E-state index is 0.0743. The largest absolute Gasteiger partial charge is 0.447 e. The Morgan fingerprint density at radius 2 is 1.48 bits per heavy atom. The topological polar surface area (TPSA) is 30.9 Å². The number of benzene rings is 4. The fraction of sp³-hybridized carbons (Fsp3) is 0.468. The molecule has 270 valence electrons. The van der Waals surface area contributed by atoms with Gasteiger partial charge in [0.05, 0.1) is 0 Å². The Bertz CT molecular complexity index is 2280. The molecule has 0 aliphatic carbocycles. The summed E-state index contributed by atoms with van der Waals surface area (Å²) in [4.78, 5) is 8.06. The van der Waals surface area contributed by atoms with Gasteiger partial charge in [-0.15, -0.1) is 0 Å². The highest BCUT2D eigenvalue weighted by Gasteiger charge is 2.70. The zero-order valence-corrected chi connectivity index (χ0v) is 33.7. The summed E-state index contributed by atoms with van der Waals surface area (Å²) in [6.45, 7) is 30.7. The van der Waals surface area contributed by atoms with Crippen molar-refractivity contribution in [1.29, 1.82) is 0 Å². The summed E-state index contributed by atoms with van der Waals surface area (Å²) < 4.78 is 12.4. The maximum Gasteiger partial charge on any atom is 0.293 e. The molecular weight excluding hydrogens is 637 g/mol. The number of ether oxygens (including phenoxy) is 1. The van der Waals surface area contributed by atoms with Gasteiger partial charge in [-0.1, -0.05) is 97.0 Å². The van der Waals surface area contributed by atoms with E-state index in [1.807, 2.05) is 0 Å². The van der Waals surface area contributed by atoms with Gasteiger partial charge in [-0.3, -0.25) is 0 Å². The van der Waals surface area contributed by atoms with Crippen molar-refractivity contribution in [2.45, 2.75) is 137 Å². The van der Waals surface area contributed by atoms with Gasteiger partial charge in [0.1, 0.15) is 23.4 Å². The molecule has 0 amide bonds. The zero-order chi connectivity index (χ0) is 37.2. The van der Waals surface area contributed by atoms with Crippen molar-refractivity contribution in [3.8, 4) is 5.75 Å². The number of hydrogen-bond donors (Lipinski definition) is 0. The minimum Gasteiger partial charge on any atom is -0.447 e. The van der Waals surface area contributed by atoms with E-state index < -0.39 is 11.2 Å². The lowest BCUT2D eigenvalue weighted by Gasteiger charge is -2.53. The van der Waals surface area contributed by atoms with Gasteiger partial charge < -0.3 is 9.64 Å². The van der Waals surface area contributed by atoms with E-state index in [0.717, 1.165) is 5.75 Å². The third kappa shape index (κ3) is 4.56. The first kappa shape index (κ1) is 34.8. The Labute approximate surface area is 311 Å². The summed E-state index contributed by atoms with van der Waals surface area (Å²) in [7, 11) is 0. The molecule has 4 heterocycles. The van der Waals surface area contributed by atoms with Gasteiger partial charge in [-0.2, -0.15) is 0 Å². The van der Waals surface area contributed by atoms with Crippen LogP contribution in [0.25, 0.3) is 21.5 Å². The maximum atomic E-state index is 7.07. The van der Waals surface area contributed by atoms with Crippen LogP contribution in [0.2, 0.25) is 0 Å². The lowest BCUT2D eigenvalue weighted by Crippen LogP contribution is -2.73. The van der Waals surface area contributed by atoms with Crippen LogP contribution >= 0.6 is 0 Å². The first-order valence-corrected chi connectivity index (χ1v) is 19.6. The van der Waals surface area contributed by atoms with Crippen molar-refractivity contribution in [2.24, 2.45) is 10.9 Å². The van der Waals surface area contributed by atoms with Crippen LogP contribution in [0.1, 0.15) is 130 Å². The SMILES string of the molecule is CC(C)C1=CN(C(C)C)C2(C)[N+]3=C(c4cc(C(C)(C)C)c5ccccc5c4C2(C)[N+](C(C)C)=C1)C1c2c(c(C(C)C)cc4ccccc24)OC1N=C3. The molecule has 0 bridgehead atoms. The number of aliphatic imine (C=N–C) groups is 1. The quantitative estimate of drug-likeness (QED) is 0.199. The lowest BCUT2D eigenvalue weighted by atomic mass is 9.66. The summed E-state index contributed by atoms with van der Waals surface area (Å²) in [6.07, 6.45) is 6.75. The minimum atomic E-state index is -0.574. The van der Waals surface area contributed by atoms with Crippen molar-refractivity contribution in [1.82, 2.24) is 4.90 Å². The van der Waals surface area contributed by atoms with Gasteiger partial charge in [0.25, 0.3) is 18.2 Å². The molecule has 4 aliphatic rings. The smallest absolute Gasteiger partial charge is 0.293 e. The van der Waals surface area contributed by atoms with E-state index in [2.05, 4.69) is 183 Å². The average molecular weight is 695 g/mol. The molecule has 5 heteroatoms. The highest BCUT2D eigenvalue weighted by molar-refractivity contribution is 6.13. The van der Waals surface area contributed by atoms with E-state index in [1.165, 1.54) is 60.6 Å². The van der Waals surface area contributed by atoms with E-state index in [-0.39, 0.29) is 29.6 Å². The molecule has 4 unspecified atom stereocenters. The molecule has 0 fully saturated rings. The Kier molecular flexibility index (Phi) is 7.78. The van der Waals surface area contributed by atoms with Crippen molar-refractivity contribution in [2.75, 3.05) is 0 Å². The number of nitrogens with zero attached hydrogens (tertiary/aromatic N) is 4. The van der Waals surface area contributed by atoms with Crippen LogP contribution in [0, 0.1) is 5.92 Å². The highest BCUT2D eigenvalue weighted by atomic mass is 16.5. The van der Waals surface area contributed by atoms with Gasteiger partial charge in [-0.25, -0.2) is 9.15 Å². The van der Waals surface area contributed by atoms with Crippen molar-refractivity contribution >= 4 is 39.8 Å². The van der Waals surface area contributed by atoms with Crippen LogP contribution in [0.5, 0.6) is 5.75 Å². The molecule has 0 aromatic heterocycles. The van der Waals surface area contributed by atoms with Gasteiger partial charge in [0.15, 0.2) is 6.21 Å². The van der Waals surface area contributed by atoms with Crippen LogP contribution in [-0.4, -0.2) is 56.3 Å². The first-order valence-electron chi connectivity index (χ1n) is 19.6. The Morgan fingerprint density at radius 3 is 2.10 bits per heavy atom. The summed E-state index contributed by atoms with van der Waals surface area (Å²) in [6, 6.07) is 23.5. The standard InChI is InChI=1S/C47H58N4O/c1-27(2)32-24-49(29(5)6)46(12)41-35-21-17-16-20-34(35)38(45(9,10)11)23-37(41)42-40-39-33-19-15-14-18-31(33)22-36(28(3)4)43(39)52-44(40)48-26-51(42)47(46,13)50(25-32)30(7)8/h14-30,40,44H,1-13H3/q+2. The molecule has 52 heavy (non-hydrogen) atoms. The molecular formula is C47H58N4O+2. The van der Waals surface area contributed by atoms with E-state index in [0.29, 0.717) is 11.8 Å². The Balaban J connectivity index is 1.61. The Hall–Kier alpha value is -4.25. The van der Waals surface area contributed by atoms with Gasteiger partial charge in [0.2, 0.25) is 5.54 Å². The Morgan fingerprint density at radius 1 is 0.827 bits per heavy atom. The molecule has 4 aromatic carbocycles. The third-order valence-corrected chi connectivity index (χ3v) is 12.8. The first-order chi connectivity index (χ1) is 24.5. The average Bonchev–Trinajstić information content (AvgIpc) is 3.43. The van der Waals surface area contributed by atoms with Crippen LogP contribution in [0.15, 0.2) is 77.4 Å². The summed E-state index contributed by atoms with van der Waals surface area (Å²) in [5.41, 5.74) is 8.11. The highest BCUT2D eigenvalue weighted by Crippen LogP contribution is 2.57. The molecule has 8 rings (SSSR count). The van der Waals surface area contributed by atoms with Crippen LogP contribution in [-0.2, 0) is 11.0 Å². The molecule has 4 atom stereocenters. The predicted octanol–water partition coefficient (Wildman–Crippen LogP) is 10.5. The summed E-state index contributed by atoms with van der Waals surface area (Å²) >= 11 is 0. The number of fused-ring (bicyclic) bond motifs is 13. The molecule has 0 saturated heterocycles. The van der Waals surface area contributed by atoms with E-state index >= 15 is 0 Å². The number of rotatable bonds is 4. The fourth-order valence-electron chi connectivity index (χ4n) is 10.1. The van der Waals surface area contributed by atoms with Crippen molar-refractivity contribution in [3.05, 3.63) is 100 Å². The second kappa shape index (κ2) is 11.6. The van der Waals surface area contributed by atoms with Gasteiger partial charge in [-0.05, 0) is 94.7 Å². The van der Waals surface area contributed by atoms with Crippen molar-refractivity contribution < 1.29 is 13.9 Å². The molecule has 4 aliphatic heterocycles. The molecule has 4 aromatic rings. The predicted molar refractivity (Wildman–Crippen MR) is 218 cm³/mol. The molecule has 0 spiro atoms. The fourth-order valence-corrected chi connectivity index (χ4v) is 10.1. The van der Waals surface area contributed by atoms with E-state index in [1.54, 1.807) is 0 Å². The number of allylic oxidation sites excluding steroid dienone is 1. The normalized spacial score (nSPS) is 25.3.